The van der Waals surface area contributed by atoms with Crippen LogP contribution in [0.2, 0.25) is 0 Å². The second-order valence-corrected chi connectivity index (χ2v) is 4.82. The van der Waals surface area contributed by atoms with Crippen LogP contribution >= 0.6 is 27.7 Å². The van der Waals surface area contributed by atoms with Crippen LogP contribution in [0, 0.1) is 17.0 Å². The Morgan fingerprint density at radius 2 is 2.00 bits per heavy atom. The van der Waals surface area contributed by atoms with Crippen molar-refractivity contribution in [3.63, 3.8) is 0 Å². The van der Waals surface area contributed by atoms with E-state index in [4.69, 9.17) is 0 Å². The number of alkyl halides is 3. The zero-order valence-corrected chi connectivity index (χ0v) is 10.2. The molecular formula is C8H5BrF3NO2S. The molecule has 1 aromatic carbocycles. The van der Waals surface area contributed by atoms with Gasteiger partial charge in [-0.1, -0.05) is 15.9 Å². The minimum Gasteiger partial charge on any atom is -0.258 e. The topological polar surface area (TPSA) is 43.1 Å². The van der Waals surface area contributed by atoms with Crippen LogP contribution in [0.5, 0.6) is 0 Å². The zero-order valence-electron chi connectivity index (χ0n) is 7.84. The van der Waals surface area contributed by atoms with Gasteiger partial charge in [-0.3, -0.25) is 10.1 Å². The minimum absolute atomic E-state index is 0.173. The molecule has 1 rings (SSSR count). The average Bonchev–Trinajstić information content (AvgIpc) is 2.10. The molecule has 0 heterocycles. The lowest BCUT2D eigenvalue weighted by Crippen LogP contribution is -2.01. The Hall–Kier alpha value is -0.760. The molecule has 0 N–H and O–H groups in total. The Labute approximate surface area is 101 Å². The van der Waals surface area contributed by atoms with Crippen LogP contribution in [-0.4, -0.2) is 10.4 Å². The van der Waals surface area contributed by atoms with Crippen LogP contribution in [0.25, 0.3) is 0 Å². The van der Waals surface area contributed by atoms with Crippen LogP contribution in [0.15, 0.2) is 21.5 Å². The number of hydrogen-bond acceptors (Lipinski definition) is 3. The lowest BCUT2D eigenvalue weighted by Gasteiger charge is -2.09. The van der Waals surface area contributed by atoms with Gasteiger partial charge in [0.25, 0.3) is 5.69 Å². The maximum Gasteiger partial charge on any atom is 0.446 e. The number of nitro benzene ring substituents is 1. The van der Waals surface area contributed by atoms with Gasteiger partial charge >= 0.3 is 5.51 Å². The van der Waals surface area contributed by atoms with E-state index in [1.54, 1.807) is 0 Å². The number of halogens is 4. The summed E-state index contributed by atoms with van der Waals surface area (Å²) in [5, 5.41) is 10.5. The molecule has 1 aromatic rings. The van der Waals surface area contributed by atoms with E-state index in [1.165, 1.54) is 13.0 Å². The largest absolute Gasteiger partial charge is 0.446 e. The quantitative estimate of drug-likeness (QED) is 0.465. The number of hydrogen-bond donors (Lipinski definition) is 0. The summed E-state index contributed by atoms with van der Waals surface area (Å²) >= 11 is 2.63. The lowest BCUT2D eigenvalue weighted by molar-refractivity contribution is -0.385. The molecule has 0 saturated heterocycles. The first-order valence-electron chi connectivity index (χ1n) is 3.91. The van der Waals surface area contributed by atoms with Crippen molar-refractivity contribution in [2.45, 2.75) is 17.3 Å². The summed E-state index contributed by atoms with van der Waals surface area (Å²) in [5.74, 6) is 0. The van der Waals surface area contributed by atoms with E-state index in [9.17, 15) is 23.3 Å². The second kappa shape index (κ2) is 4.62. The summed E-state index contributed by atoms with van der Waals surface area (Å²) in [6, 6.07) is 2.09. The highest BCUT2D eigenvalue weighted by atomic mass is 79.9. The highest BCUT2D eigenvalue weighted by Crippen LogP contribution is 2.41. The third-order valence-electron chi connectivity index (χ3n) is 1.72. The Bertz CT molecular complexity index is 436. The van der Waals surface area contributed by atoms with Crippen molar-refractivity contribution in [1.29, 1.82) is 0 Å². The molecule has 0 unspecified atom stereocenters. The first-order chi connectivity index (χ1) is 7.20. The molecule has 0 saturated carbocycles. The molecule has 0 aliphatic rings. The predicted molar refractivity (Wildman–Crippen MR) is 57.4 cm³/mol. The molecule has 0 bridgehead atoms. The Kier molecular flexibility index (Phi) is 3.84. The molecule has 8 heteroatoms. The standard InChI is InChI=1S/C8H5BrF3NO2S/c1-4-6(9)2-5(13(14)15)3-7(4)16-8(10,11)12/h2-3H,1H3. The highest BCUT2D eigenvalue weighted by Gasteiger charge is 2.31. The Morgan fingerprint density at radius 1 is 1.44 bits per heavy atom. The molecule has 0 aromatic heterocycles. The summed E-state index contributed by atoms with van der Waals surface area (Å²) in [6.45, 7) is 1.46. The summed E-state index contributed by atoms with van der Waals surface area (Å²) in [4.78, 5) is 9.57. The van der Waals surface area contributed by atoms with Gasteiger partial charge in [0, 0.05) is 21.5 Å². The number of rotatable bonds is 2. The zero-order chi connectivity index (χ0) is 12.5. The van der Waals surface area contributed by atoms with Gasteiger partial charge in [0.2, 0.25) is 0 Å². The van der Waals surface area contributed by atoms with E-state index < -0.39 is 10.4 Å². The van der Waals surface area contributed by atoms with E-state index >= 15 is 0 Å². The third kappa shape index (κ3) is 3.38. The van der Waals surface area contributed by atoms with E-state index in [2.05, 4.69) is 15.9 Å². The normalized spacial score (nSPS) is 11.6. The van der Waals surface area contributed by atoms with Gasteiger partial charge < -0.3 is 0 Å². The molecule has 0 atom stereocenters. The average molecular weight is 316 g/mol. The molecule has 16 heavy (non-hydrogen) atoms. The Morgan fingerprint density at radius 3 is 2.44 bits per heavy atom. The monoisotopic (exact) mass is 315 g/mol. The molecule has 0 radical (unpaired) electrons. The van der Waals surface area contributed by atoms with Crippen molar-refractivity contribution in [3.8, 4) is 0 Å². The molecule has 88 valence electrons. The molecule has 0 fully saturated rings. The summed E-state index contributed by atoms with van der Waals surface area (Å²) < 4.78 is 36.8. The fourth-order valence-corrected chi connectivity index (χ4v) is 2.25. The van der Waals surface area contributed by atoms with E-state index in [0.29, 0.717) is 5.56 Å². The molecule has 0 aliphatic carbocycles. The minimum atomic E-state index is -4.46. The maximum absolute atomic E-state index is 12.2. The fraction of sp³-hybridized carbons (Fsp3) is 0.250. The van der Waals surface area contributed by atoms with Crippen LogP contribution in [0.1, 0.15) is 5.56 Å². The SMILES string of the molecule is Cc1c(Br)cc([N+](=O)[O-])cc1SC(F)(F)F. The van der Waals surface area contributed by atoms with Crippen molar-refractivity contribution in [2.24, 2.45) is 0 Å². The number of non-ortho nitro benzene ring substituents is 1. The smallest absolute Gasteiger partial charge is 0.258 e. The van der Waals surface area contributed by atoms with Gasteiger partial charge in [-0.2, -0.15) is 13.2 Å². The van der Waals surface area contributed by atoms with Crippen LogP contribution in [0.4, 0.5) is 18.9 Å². The van der Waals surface area contributed by atoms with Gasteiger partial charge in [-0.05, 0) is 24.2 Å². The predicted octanol–water partition coefficient (Wildman–Crippen LogP) is 4.28. The van der Waals surface area contributed by atoms with Crippen LogP contribution in [0.3, 0.4) is 0 Å². The van der Waals surface area contributed by atoms with Crippen molar-refractivity contribution < 1.29 is 18.1 Å². The van der Waals surface area contributed by atoms with Gasteiger partial charge in [0.05, 0.1) is 4.92 Å². The first-order valence-corrected chi connectivity index (χ1v) is 5.52. The number of nitrogens with zero attached hydrogens (tertiary/aromatic N) is 1. The van der Waals surface area contributed by atoms with E-state index in [0.717, 1.165) is 6.07 Å². The fourth-order valence-electron chi connectivity index (χ4n) is 0.976. The van der Waals surface area contributed by atoms with Crippen molar-refractivity contribution in [3.05, 3.63) is 32.3 Å². The number of thioether (sulfide) groups is 1. The van der Waals surface area contributed by atoms with Crippen LogP contribution in [-0.2, 0) is 0 Å². The van der Waals surface area contributed by atoms with Gasteiger partial charge in [-0.15, -0.1) is 0 Å². The first kappa shape index (κ1) is 13.3. The third-order valence-corrected chi connectivity index (χ3v) is 3.42. The van der Waals surface area contributed by atoms with Crippen molar-refractivity contribution >= 4 is 33.4 Å². The van der Waals surface area contributed by atoms with E-state index in [1.807, 2.05) is 0 Å². The Balaban J connectivity index is 3.22. The maximum atomic E-state index is 12.2. The molecule has 3 nitrogen and oxygen atoms in total. The highest BCUT2D eigenvalue weighted by molar-refractivity contribution is 9.10. The van der Waals surface area contributed by atoms with E-state index in [-0.39, 0.29) is 26.8 Å². The van der Waals surface area contributed by atoms with Gasteiger partial charge in [0.1, 0.15) is 0 Å². The summed E-state index contributed by atoms with van der Waals surface area (Å²) in [7, 11) is 0. The van der Waals surface area contributed by atoms with Crippen molar-refractivity contribution in [2.75, 3.05) is 0 Å². The number of benzene rings is 1. The van der Waals surface area contributed by atoms with Gasteiger partial charge in [-0.25, -0.2) is 0 Å². The van der Waals surface area contributed by atoms with Gasteiger partial charge in [0.15, 0.2) is 0 Å². The summed E-state index contributed by atoms with van der Waals surface area (Å²) in [6.07, 6.45) is 0. The lowest BCUT2D eigenvalue weighted by atomic mass is 10.2. The molecule has 0 aliphatic heterocycles. The number of nitro groups is 1. The van der Waals surface area contributed by atoms with Crippen LogP contribution < -0.4 is 0 Å². The molecule has 0 amide bonds. The molecular weight excluding hydrogens is 311 g/mol. The van der Waals surface area contributed by atoms with Crippen molar-refractivity contribution in [1.82, 2.24) is 0 Å². The summed E-state index contributed by atoms with van der Waals surface area (Å²) in [5.41, 5.74) is -4.50. The second-order valence-electron chi connectivity index (χ2n) is 2.86. The molecule has 0 spiro atoms.